The molecule has 0 amide bonds. The number of nitrogens with zero attached hydrogens (tertiary/aromatic N) is 4. The second-order valence-electron chi connectivity index (χ2n) is 7.87. The largest absolute Gasteiger partial charge is 0.496 e. The number of piperidine rings is 1. The Morgan fingerprint density at radius 3 is 2.65 bits per heavy atom. The molecule has 0 radical (unpaired) electrons. The molecule has 0 bridgehead atoms. The summed E-state index contributed by atoms with van der Waals surface area (Å²) in [5.74, 6) is -0.0343. The number of fused-ring (bicyclic) bond motifs is 1. The van der Waals surface area contributed by atoms with Gasteiger partial charge in [0.05, 0.1) is 18.7 Å². The zero-order valence-electron chi connectivity index (χ0n) is 17.3. The number of rotatable bonds is 5. The summed E-state index contributed by atoms with van der Waals surface area (Å²) in [6, 6.07) is 7.23. The van der Waals surface area contributed by atoms with E-state index in [1.807, 2.05) is 16.9 Å². The maximum atomic E-state index is 12.9. The van der Waals surface area contributed by atoms with Crippen LogP contribution in [0.1, 0.15) is 40.6 Å². The van der Waals surface area contributed by atoms with Crippen molar-refractivity contribution < 1.29 is 22.7 Å². The van der Waals surface area contributed by atoms with Gasteiger partial charge in [0, 0.05) is 29.6 Å². The SMILES string of the molecule is COc1cc2nn(C3CCN(C)CC3)cc2cc1CC(=O)c1cccc(C(F)(F)F)n1. The Morgan fingerprint density at radius 2 is 1.97 bits per heavy atom. The standard InChI is InChI=1S/C22H23F3N4O2/c1-28-8-6-16(7-9-28)29-13-15-10-14(20(31-2)12-18(15)27-29)11-19(30)17-4-3-5-21(26-17)22(23,24)25/h3-5,10,12-13,16H,6-9,11H2,1-2H3. The van der Waals surface area contributed by atoms with Crippen LogP contribution in [0.5, 0.6) is 5.75 Å². The average molecular weight is 432 g/mol. The van der Waals surface area contributed by atoms with Gasteiger partial charge in [0.25, 0.3) is 0 Å². The van der Waals surface area contributed by atoms with Gasteiger partial charge in [0.2, 0.25) is 0 Å². The van der Waals surface area contributed by atoms with E-state index in [1.165, 1.54) is 19.2 Å². The van der Waals surface area contributed by atoms with Crippen LogP contribution in [0.2, 0.25) is 0 Å². The van der Waals surface area contributed by atoms with E-state index in [-0.39, 0.29) is 12.1 Å². The number of aromatic nitrogens is 3. The zero-order chi connectivity index (χ0) is 22.2. The van der Waals surface area contributed by atoms with Crippen molar-refractivity contribution in [2.24, 2.45) is 0 Å². The summed E-state index contributed by atoms with van der Waals surface area (Å²) in [4.78, 5) is 18.4. The lowest BCUT2D eigenvalue weighted by Crippen LogP contribution is -2.31. The molecule has 3 aromatic rings. The van der Waals surface area contributed by atoms with Crippen LogP contribution < -0.4 is 4.74 Å². The number of ketones is 1. The highest BCUT2D eigenvalue weighted by Gasteiger charge is 2.33. The number of alkyl halides is 3. The molecule has 4 rings (SSSR count). The highest BCUT2D eigenvalue weighted by molar-refractivity contribution is 5.97. The van der Waals surface area contributed by atoms with Gasteiger partial charge in [-0.3, -0.25) is 9.48 Å². The number of methoxy groups -OCH3 is 1. The second-order valence-corrected chi connectivity index (χ2v) is 7.87. The Hall–Kier alpha value is -2.94. The monoisotopic (exact) mass is 432 g/mol. The molecule has 31 heavy (non-hydrogen) atoms. The van der Waals surface area contributed by atoms with Gasteiger partial charge in [0.1, 0.15) is 17.1 Å². The lowest BCUT2D eigenvalue weighted by molar-refractivity contribution is -0.141. The third-order valence-electron chi connectivity index (χ3n) is 5.66. The van der Waals surface area contributed by atoms with Crippen molar-refractivity contribution >= 4 is 16.7 Å². The van der Waals surface area contributed by atoms with Crippen LogP contribution >= 0.6 is 0 Å². The van der Waals surface area contributed by atoms with Crippen LogP contribution in [0.25, 0.3) is 10.9 Å². The van der Waals surface area contributed by atoms with Gasteiger partial charge in [-0.05, 0) is 51.2 Å². The quantitative estimate of drug-likeness (QED) is 0.567. The smallest absolute Gasteiger partial charge is 0.433 e. The van der Waals surface area contributed by atoms with Crippen LogP contribution in [0.4, 0.5) is 13.2 Å². The van der Waals surface area contributed by atoms with Crippen molar-refractivity contribution in [1.29, 1.82) is 0 Å². The first kappa shape index (κ1) is 21.3. The van der Waals surface area contributed by atoms with Crippen LogP contribution in [0.3, 0.4) is 0 Å². The average Bonchev–Trinajstić information content (AvgIpc) is 3.16. The van der Waals surface area contributed by atoms with Crippen molar-refractivity contribution in [2.75, 3.05) is 27.2 Å². The number of benzene rings is 1. The van der Waals surface area contributed by atoms with E-state index in [9.17, 15) is 18.0 Å². The molecule has 0 unspecified atom stereocenters. The minimum absolute atomic E-state index is 0.118. The minimum atomic E-state index is -4.60. The number of carbonyl (C=O) groups is 1. The van der Waals surface area contributed by atoms with Crippen molar-refractivity contribution in [3.8, 4) is 5.75 Å². The molecule has 1 aliphatic rings. The predicted octanol–water partition coefficient (Wildman–Crippen LogP) is 4.15. The molecule has 3 heterocycles. The van der Waals surface area contributed by atoms with E-state index in [0.717, 1.165) is 42.9 Å². The Balaban J connectivity index is 1.60. The molecular weight excluding hydrogens is 409 g/mol. The fourth-order valence-corrected chi connectivity index (χ4v) is 3.90. The lowest BCUT2D eigenvalue weighted by Gasteiger charge is -2.28. The summed E-state index contributed by atoms with van der Waals surface area (Å²) in [5.41, 5.74) is 0.0328. The van der Waals surface area contributed by atoms with Gasteiger partial charge < -0.3 is 9.64 Å². The van der Waals surface area contributed by atoms with Crippen molar-refractivity contribution in [3.63, 3.8) is 0 Å². The molecular formula is C22H23F3N4O2. The Kier molecular flexibility index (Phi) is 5.70. The minimum Gasteiger partial charge on any atom is -0.496 e. The van der Waals surface area contributed by atoms with Crippen LogP contribution in [-0.4, -0.2) is 52.7 Å². The molecule has 0 atom stereocenters. The van der Waals surface area contributed by atoms with E-state index >= 15 is 0 Å². The van der Waals surface area contributed by atoms with Gasteiger partial charge in [-0.1, -0.05) is 6.07 Å². The van der Waals surface area contributed by atoms with Gasteiger partial charge in [-0.15, -0.1) is 0 Å². The lowest BCUT2D eigenvalue weighted by atomic mass is 10.0. The molecule has 1 aliphatic heterocycles. The number of carbonyl (C=O) groups excluding carboxylic acids is 1. The number of Topliss-reactive ketones (excluding diaryl/α,β-unsaturated/α-hetero) is 1. The molecule has 1 fully saturated rings. The predicted molar refractivity (Wildman–Crippen MR) is 109 cm³/mol. The van der Waals surface area contributed by atoms with Gasteiger partial charge in [0.15, 0.2) is 5.78 Å². The summed E-state index contributed by atoms with van der Waals surface area (Å²) in [5, 5.41) is 5.54. The van der Waals surface area contributed by atoms with E-state index in [2.05, 4.69) is 22.0 Å². The van der Waals surface area contributed by atoms with E-state index in [4.69, 9.17) is 4.74 Å². The summed E-state index contributed by atoms with van der Waals surface area (Å²) < 4.78 is 46.2. The molecule has 1 aromatic carbocycles. The zero-order valence-corrected chi connectivity index (χ0v) is 17.3. The molecule has 0 saturated carbocycles. The maximum Gasteiger partial charge on any atom is 0.433 e. The summed E-state index contributed by atoms with van der Waals surface area (Å²) in [6.45, 7) is 2.02. The molecule has 1 saturated heterocycles. The van der Waals surface area contributed by atoms with E-state index < -0.39 is 17.7 Å². The van der Waals surface area contributed by atoms with Gasteiger partial charge in [-0.25, -0.2) is 4.98 Å². The van der Waals surface area contributed by atoms with Gasteiger partial charge >= 0.3 is 6.18 Å². The number of ether oxygens (including phenoxy) is 1. The number of halogens is 3. The molecule has 0 aliphatic carbocycles. The molecule has 6 nitrogen and oxygen atoms in total. The molecule has 0 spiro atoms. The summed E-state index contributed by atoms with van der Waals surface area (Å²) in [6.07, 6.45) is -0.744. The summed E-state index contributed by atoms with van der Waals surface area (Å²) in [7, 11) is 3.59. The maximum absolute atomic E-state index is 12.9. The number of likely N-dealkylation sites (tertiary alicyclic amines) is 1. The third-order valence-corrected chi connectivity index (χ3v) is 5.66. The highest BCUT2D eigenvalue weighted by atomic mass is 19.4. The Morgan fingerprint density at radius 1 is 1.23 bits per heavy atom. The first-order valence-corrected chi connectivity index (χ1v) is 10.1. The first-order chi connectivity index (χ1) is 14.7. The topological polar surface area (TPSA) is 60.2 Å². The van der Waals surface area contributed by atoms with Crippen molar-refractivity contribution in [3.05, 3.63) is 53.5 Å². The van der Waals surface area contributed by atoms with Crippen LogP contribution in [0, 0.1) is 0 Å². The number of hydrogen-bond acceptors (Lipinski definition) is 5. The fourth-order valence-electron chi connectivity index (χ4n) is 3.90. The van der Waals surface area contributed by atoms with Gasteiger partial charge in [-0.2, -0.15) is 18.3 Å². The highest BCUT2D eigenvalue weighted by Crippen LogP contribution is 2.30. The Labute approximate surface area is 177 Å². The van der Waals surface area contributed by atoms with Crippen molar-refractivity contribution in [2.45, 2.75) is 31.5 Å². The second kappa shape index (κ2) is 8.30. The molecule has 0 N–H and O–H groups in total. The molecule has 2 aromatic heterocycles. The summed E-state index contributed by atoms with van der Waals surface area (Å²) >= 11 is 0. The van der Waals surface area contributed by atoms with Crippen molar-refractivity contribution in [1.82, 2.24) is 19.7 Å². The molecule has 164 valence electrons. The Bertz CT molecular complexity index is 1100. The third kappa shape index (κ3) is 4.56. The fraction of sp³-hybridized carbons (Fsp3) is 0.409. The van der Waals surface area contributed by atoms with Crippen LogP contribution in [0.15, 0.2) is 36.5 Å². The number of hydrogen-bond donors (Lipinski definition) is 0. The molecule has 9 heteroatoms. The normalized spacial score (nSPS) is 16.0. The number of pyridine rings is 1. The first-order valence-electron chi connectivity index (χ1n) is 10.1. The van der Waals surface area contributed by atoms with Crippen LogP contribution in [-0.2, 0) is 12.6 Å². The van der Waals surface area contributed by atoms with E-state index in [0.29, 0.717) is 17.4 Å². The van der Waals surface area contributed by atoms with E-state index in [1.54, 1.807) is 6.07 Å².